The van der Waals surface area contributed by atoms with E-state index in [0.29, 0.717) is 19.5 Å². The summed E-state index contributed by atoms with van der Waals surface area (Å²) >= 11 is 0. The van der Waals surface area contributed by atoms with Gasteiger partial charge >= 0.3 is 6.03 Å². The van der Waals surface area contributed by atoms with Crippen LogP contribution in [0.2, 0.25) is 0 Å². The zero-order chi connectivity index (χ0) is 9.84. The number of amides is 3. The van der Waals surface area contributed by atoms with Gasteiger partial charge in [0.1, 0.15) is 6.04 Å². The number of nitrogens with zero attached hydrogens (tertiary/aromatic N) is 1. The predicted octanol–water partition coefficient (Wildman–Crippen LogP) is -0.334. The molecule has 5 nitrogen and oxygen atoms in total. The topological polar surface area (TPSA) is 75.4 Å². The van der Waals surface area contributed by atoms with Crippen LogP contribution in [0.3, 0.4) is 0 Å². The Balaban J connectivity index is 2.57. The van der Waals surface area contributed by atoms with Crippen LogP contribution < -0.4 is 11.1 Å². The Kier molecular flexibility index (Phi) is 3.11. The average molecular weight is 185 g/mol. The van der Waals surface area contributed by atoms with Crippen molar-refractivity contribution in [2.24, 2.45) is 5.73 Å². The van der Waals surface area contributed by atoms with E-state index in [2.05, 4.69) is 5.32 Å². The van der Waals surface area contributed by atoms with Crippen molar-refractivity contribution in [2.45, 2.75) is 25.8 Å². The molecule has 3 amide bonds. The molecule has 0 bridgehead atoms. The third-order valence-electron chi connectivity index (χ3n) is 2.17. The molecule has 1 rings (SSSR count). The van der Waals surface area contributed by atoms with E-state index >= 15 is 0 Å². The van der Waals surface area contributed by atoms with E-state index in [1.807, 2.05) is 6.92 Å². The van der Waals surface area contributed by atoms with Crippen LogP contribution in [-0.4, -0.2) is 36.0 Å². The standard InChI is InChI=1S/C8H15N3O2/c1-2-10-8(13)11-5-3-4-6(11)7(9)12/h6H,2-5H2,1H3,(H2,9,12)(H,10,13). The fourth-order valence-electron chi connectivity index (χ4n) is 1.56. The van der Waals surface area contributed by atoms with Gasteiger partial charge in [0, 0.05) is 13.1 Å². The summed E-state index contributed by atoms with van der Waals surface area (Å²) in [6, 6.07) is -0.602. The summed E-state index contributed by atoms with van der Waals surface area (Å²) in [6.45, 7) is 3.04. The quantitative estimate of drug-likeness (QED) is 0.618. The molecule has 0 saturated carbocycles. The van der Waals surface area contributed by atoms with Crippen molar-refractivity contribution < 1.29 is 9.59 Å². The van der Waals surface area contributed by atoms with Crippen LogP contribution in [-0.2, 0) is 4.79 Å². The van der Waals surface area contributed by atoms with Gasteiger partial charge in [0.05, 0.1) is 0 Å². The smallest absolute Gasteiger partial charge is 0.318 e. The highest BCUT2D eigenvalue weighted by molar-refractivity contribution is 5.86. The van der Waals surface area contributed by atoms with Gasteiger partial charge in [0.15, 0.2) is 0 Å². The second kappa shape index (κ2) is 4.11. The van der Waals surface area contributed by atoms with Gasteiger partial charge < -0.3 is 16.0 Å². The normalized spacial score (nSPS) is 21.6. The Bertz CT molecular complexity index is 217. The number of carbonyl (C=O) groups excluding carboxylic acids is 2. The fraction of sp³-hybridized carbons (Fsp3) is 0.750. The number of hydrogen-bond acceptors (Lipinski definition) is 2. The van der Waals surface area contributed by atoms with Crippen molar-refractivity contribution >= 4 is 11.9 Å². The van der Waals surface area contributed by atoms with Crippen LogP contribution >= 0.6 is 0 Å². The Morgan fingerprint density at radius 3 is 2.85 bits per heavy atom. The molecule has 1 aliphatic heterocycles. The third-order valence-corrected chi connectivity index (χ3v) is 2.17. The maximum Gasteiger partial charge on any atom is 0.318 e. The zero-order valence-electron chi connectivity index (χ0n) is 7.75. The summed E-state index contributed by atoms with van der Waals surface area (Å²) in [7, 11) is 0. The van der Waals surface area contributed by atoms with Gasteiger partial charge in [-0.1, -0.05) is 0 Å². The predicted molar refractivity (Wildman–Crippen MR) is 48.0 cm³/mol. The maximum atomic E-state index is 11.4. The molecule has 1 saturated heterocycles. The summed E-state index contributed by atoms with van der Waals surface area (Å²) in [5.41, 5.74) is 5.16. The lowest BCUT2D eigenvalue weighted by molar-refractivity contribution is -0.121. The highest BCUT2D eigenvalue weighted by atomic mass is 16.2. The number of primary amides is 1. The Labute approximate surface area is 77.3 Å². The molecular formula is C8H15N3O2. The van der Waals surface area contributed by atoms with Crippen LogP contribution in [0.4, 0.5) is 4.79 Å². The lowest BCUT2D eigenvalue weighted by Gasteiger charge is -2.21. The number of hydrogen-bond donors (Lipinski definition) is 2. The van der Waals surface area contributed by atoms with E-state index < -0.39 is 11.9 Å². The highest BCUT2D eigenvalue weighted by Gasteiger charge is 2.32. The Morgan fingerprint density at radius 2 is 2.31 bits per heavy atom. The molecule has 0 aromatic rings. The summed E-state index contributed by atoms with van der Waals surface area (Å²) in [4.78, 5) is 23.8. The molecule has 1 unspecified atom stereocenters. The first-order chi connectivity index (χ1) is 6.16. The molecule has 0 spiro atoms. The lowest BCUT2D eigenvalue weighted by atomic mass is 10.2. The minimum Gasteiger partial charge on any atom is -0.368 e. The molecule has 0 aromatic carbocycles. The van der Waals surface area contributed by atoms with Gasteiger partial charge in [-0.15, -0.1) is 0 Å². The Morgan fingerprint density at radius 1 is 1.62 bits per heavy atom. The monoisotopic (exact) mass is 185 g/mol. The van der Waals surface area contributed by atoms with Gasteiger partial charge in [-0.05, 0) is 19.8 Å². The van der Waals surface area contributed by atoms with Crippen molar-refractivity contribution in [1.29, 1.82) is 0 Å². The van der Waals surface area contributed by atoms with E-state index in [4.69, 9.17) is 5.73 Å². The summed E-state index contributed by atoms with van der Waals surface area (Å²) in [6.07, 6.45) is 1.54. The largest absolute Gasteiger partial charge is 0.368 e. The lowest BCUT2D eigenvalue weighted by Crippen LogP contribution is -2.48. The molecule has 1 heterocycles. The van der Waals surface area contributed by atoms with E-state index in [1.165, 1.54) is 4.90 Å². The number of rotatable bonds is 2. The molecular weight excluding hydrogens is 170 g/mol. The van der Waals surface area contributed by atoms with E-state index in [9.17, 15) is 9.59 Å². The fourth-order valence-corrected chi connectivity index (χ4v) is 1.56. The maximum absolute atomic E-state index is 11.4. The van der Waals surface area contributed by atoms with Crippen LogP contribution in [0.5, 0.6) is 0 Å². The van der Waals surface area contributed by atoms with Crippen molar-refractivity contribution in [1.82, 2.24) is 10.2 Å². The molecule has 13 heavy (non-hydrogen) atoms. The van der Waals surface area contributed by atoms with Crippen molar-refractivity contribution in [3.8, 4) is 0 Å². The van der Waals surface area contributed by atoms with Gasteiger partial charge in [-0.25, -0.2) is 4.79 Å². The second-order valence-corrected chi connectivity index (χ2v) is 3.09. The molecule has 0 aliphatic carbocycles. The molecule has 0 radical (unpaired) electrons. The molecule has 3 N–H and O–H groups in total. The molecule has 74 valence electrons. The Hall–Kier alpha value is -1.26. The second-order valence-electron chi connectivity index (χ2n) is 3.09. The van der Waals surface area contributed by atoms with Crippen molar-refractivity contribution in [2.75, 3.05) is 13.1 Å². The first-order valence-electron chi connectivity index (χ1n) is 4.50. The third kappa shape index (κ3) is 2.11. The highest BCUT2D eigenvalue weighted by Crippen LogP contribution is 2.16. The summed E-state index contributed by atoms with van der Waals surface area (Å²) in [5.74, 6) is -0.413. The number of likely N-dealkylation sites (tertiary alicyclic amines) is 1. The van der Waals surface area contributed by atoms with E-state index in [-0.39, 0.29) is 6.03 Å². The summed E-state index contributed by atoms with van der Waals surface area (Å²) in [5, 5.41) is 2.65. The molecule has 5 heteroatoms. The van der Waals surface area contributed by atoms with E-state index in [1.54, 1.807) is 0 Å². The van der Waals surface area contributed by atoms with Gasteiger partial charge in [0.25, 0.3) is 0 Å². The number of urea groups is 1. The SMILES string of the molecule is CCNC(=O)N1CCCC1C(N)=O. The van der Waals surface area contributed by atoms with Crippen LogP contribution in [0.1, 0.15) is 19.8 Å². The summed E-state index contributed by atoms with van der Waals surface area (Å²) < 4.78 is 0. The zero-order valence-corrected chi connectivity index (χ0v) is 7.75. The molecule has 0 aromatic heterocycles. The molecule has 1 aliphatic rings. The van der Waals surface area contributed by atoms with Crippen LogP contribution in [0.15, 0.2) is 0 Å². The van der Waals surface area contributed by atoms with Crippen molar-refractivity contribution in [3.63, 3.8) is 0 Å². The van der Waals surface area contributed by atoms with Crippen molar-refractivity contribution in [3.05, 3.63) is 0 Å². The average Bonchev–Trinajstić information content (AvgIpc) is 2.52. The number of carbonyl (C=O) groups is 2. The van der Waals surface area contributed by atoms with Crippen LogP contribution in [0.25, 0.3) is 0 Å². The van der Waals surface area contributed by atoms with Gasteiger partial charge in [-0.2, -0.15) is 0 Å². The minimum atomic E-state index is -0.413. The molecule has 1 atom stereocenters. The minimum absolute atomic E-state index is 0.191. The first-order valence-corrected chi connectivity index (χ1v) is 4.50. The molecule has 1 fully saturated rings. The number of nitrogens with one attached hydrogen (secondary N) is 1. The van der Waals surface area contributed by atoms with E-state index in [0.717, 1.165) is 6.42 Å². The number of nitrogens with two attached hydrogens (primary N) is 1. The van der Waals surface area contributed by atoms with Gasteiger partial charge in [0.2, 0.25) is 5.91 Å². The first kappa shape index (κ1) is 9.83. The van der Waals surface area contributed by atoms with Gasteiger partial charge in [-0.3, -0.25) is 4.79 Å². The van der Waals surface area contributed by atoms with Crippen LogP contribution in [0, 0.1) is 0 Å².